The molecule has 1 unspecified atom stereocenters. The highest BCUT2D eigenvalue weighted by molar-refractivity contribution is 5.89. The Morgan fingerprint density at radius 1 is 1.68 bits per heavy atom. The number of aliphatic hydroxyl groups is 1. The number of nitrogens with zero attached hydrogens (tertiary/aromatic N) is 2. The maximum absolute atomic E-state index is 11.7. The normalized spacial score (nSPS) is 24.4. The largest absolute Gasteiger partial charge is 0.389 e. The van der Waals surface area contributed by atoms with Gasteiger partial charge in [0.1, 0.15) is 5.76 Å². The number of carbonyl (C=O) groups excluding carboxylic acids is 1. The maximum atomic E-state index is 11.7. The van der Waals surface area contributed by atoms with E-state index in [1.807, 2.05) is 6.92 Å². The van der Waals surface area contributed by atoms with E-state index in [0.717, 1.165) is 19.4 Å². The van der Waals surface area contributed by atoms with Crippen LogP contribution in [0.25, 0.3) is 0 Å². The number of piperidine rings is 1. The molecular formula is C13H21N3O3. The Bertz CT molecular complexity index is 442. The predicted molar refractivity (Wildman–Crippen MR) is 70.8 cm³/mol. The van der Waals surface area contributed by atoms with E-state index in [4.69, 9.17) is 4.52 Å². The van der Waals surface area contributed by atoms with Crippen LogP contribution in [-0.2, 0) is 4.79 Å². The maximum Gasteiger partial charge on any atom is 0.226 e. The minimum absolute atomic E-state index is 0.0847. The lowest BCUT2D eigenvalue weighted by Gasteiger charge is -2.36. The van der Waals surface area contributed by atoms with Crippen molar-refractivity contribution in [3.63, 3.8) is 0 Å². The fourth-order valence-electron chi connectivity index (χ4n) is 2.40. The van der Waals surface area contributed by atoms with Gasteiger partial charge in [0.25, 0.3) is 0 Å². The first kappa shape index (κ1) is 14.0. The molecule has 1 fully saturated rings. The van der Waals surface area contributed by atoms with Gasteiger partial charge in [0.05, 0.1) is 5.60 Å². The quantitative estimate of drug-likeness (QED) is 0.856. The van der Waals surface area contributed by atoms with Crippen LogP contribution in [-0.4, -0.2) is 46.3 Å². The fourth-order valence-corrected chi connectivity index (χ4v) is 2.40. The molecule has 19 heavy (non-hydrogen) atoms. The van der Waals surface area contributed by atoms with Crippen molar-refractivity contribution in [3.8, 4) is 0 Å². The van der Waals surface area contributed by atoms with Crippen molar-refractivity contribution in [2.45, 2.75) is 38.7 Å². The van der Waals surface area contributed by atoms with Crippen molar-refractivity contribution in [1.29, 1.82) is 0 Å². The van der Waals surface area contributed by atoms with Crippen LogP contribution >= 0.6 is 0 Å². The fraction of sp³-hybridized carbons (Fsp3) is 0.692. The van der Waals surface area contributed by atoms with Crippen LogP contribution in [0.2, 0.25) is 0 Å². The van der Waals surface area contributed by atoms with E-state index in [0.29, 0.717) is 31.1 Å². The summed E-state index contributed by atoms with van der Waals surface area (Å²) >= 11 is 0. The lowest BCUT2D eigenvalue weighted by molar-refractivity contribution is -0.117. The summed E-state index contributed by atoms with van der Waals surface area (Å²) in [6.45, 7) is 5.84. The summed E-state index contributed by atoms with van der Waals surface area (Å²) in [5.74, 6) is 1.04. The molecule has 6 heteroatoms. The van der Waals surface area contributed by atoms with E-state index < -0.39 is 5.60 Å². The Morgan fingerprint density at radius 2 is 2.47 bits per heavy atom. The Labute approximate surface area is 112 Å². The summed E-state index contributed by atoms with van der Waals surface area (Å²) in [7, 11) is 0. The van der Waals surface area contributed by atoms with Crippen LogP contribution in [0.4, 0.5) is 5.82 Å². The zero-order chi connectivity index (χ0) is 13.9. The van der Waals surface area contributed by atoms with Crippen molar-refractivity contribution in [2.75, 3.05) is 25.0 Å². The van der Waals surface area contributed by atoms with Crippen molar-refractivity contribution in [1.82, 2.24) is 10.1 Å². The van der Waals surface area contributed by atoms with Gasteiger partial charge in [0.15, 0.2) is 5.82 Å². The third-order valence-corrected chi connectivity index (χ3v) is 3.30. The molecule has 0 spiro atoms. The first-order valence-corrected chi connectivity index (χ1v) is 6.62. The molecule has 1 atom stereocenters. The second kappa shape index (κ2) is 5.71. The van der Waals surface area contributed by atoms with Gasteiger partial charge in [-0.3, -0.25) is 9.69 Å². The number of rotatable bonds is 4. The highest BCUT2D eigenvalue weighted by Crippen LogP contribution is 2.20. The van der Waals surface area contributed by atoms with Crippen molar-refractivity contribution >= 4 is 11.7 Å². The molecule has 6 nitrogen and oxygen atoms in total. The molecule has 2 rings (SSSR count). The standard InChI is InChI=1S/C13H21N3O3/c1-10-8-11(15-19-10)14-12(17)4-7-16-6-3-5-13(2,18)9-16/h8,18H,3-7,9H2,1-2H3,(H,14,15,17). The van der Waals surface area contributed by atoms with E-state index in [1.165, 1.54) is 0 Å². The number of aryl methyl sites for hydroxylation is 1. The van der Waals surface area contributed by atoms with E-state index in [1.54, 1.807) is 13.0 Å². The highest BCUT2D eigenvalue weighted by atomic mass is 16.5. The summed E-state index contributed by atoms with van der Waals surface area (Å²) in [5.41, 5.74) is -0.627. The molecule has 1 saturated heterocycles. The monoisotopic (exact) mass is 267 g/mol. The number of carbonyl (C=O) groups is 1. The minimum Gasteiger partial charge on any atom is -0.389 e. The first-order valence-electron chi connectivity index (χ1n) is 6.62. The van der Waals surface area contributed by atoms with E-state index in [-0.39, 0.29) is 5.91 Å². The van der Waals surface area contributed by atoms with Crippen LogP contribution in [0.1, 0.15) is 31.9 Å². The Hall–Kier alpha value is -1.40. The smallest absolute Gasteiger partial charge is 0.226 e. The average Bonchev–Trinajstić information content (AvgIpc) is 2.71. The Morgan fingerprint density at radius 3 is 3.11 bits per heavy atom. The van der Waals surface area contributed by atoms with Gasteiger partial charge in [0, 0.05) is 25.6 Å². The van der Waals surface area contributed by atoms with Crippen LogP contribution in [0.5, 0.6) is 0 Å². The van der Waals surface area contributed by atoms with Gasteiger partial charge in [-0.2, -0.15) is 0 Å². The molecule has 106 valence electrons. The van der Waals surface area contributed by atoms with Crippen LogP contribution in [0.15, 0.2) is 10.6 Å². The number of anilines is 1. The second-order valence-corrected chi connectivity index (χ2v) is 5.50. The van der Waals surface area contributed by atoms with Gasteiger partial charge in [-0.05, 0) is 33.2 Å². The number of likely N-dealkylation sites (tertiary alicyclic amines) is 1. The number of nitrogens with one attached hydrogen (secondary N) is 1. The Kier molecular flexibility index (Phi) is 4.21. The number of aromatic nitrogens is 1. The van der Waals surface area contributed by atoms with Crippen molar-refractivity contribution in [3.05, 3.63) is 11.8 Å². The molecule has 0 saturated carbocycles. The van der Waals surface area contributed by atoms with Gasteiger partial charge >= 0.3 is 0 Å². The number of β-amino-alcohol motifs (C(OH)–C–C–N with tert-alkyl or cyclic N) is 1. The molecule has 1 aromatic heterocycles. The molecule has 1 aromatic rings. The van der Waals surface area contributed by atoms with E-state index in [9.17, 15) is 9.90 Å². The molecule has 1 aliphatic rings. The molecule has 1 aliphatic heterocycles. The molecule has 0 radical (unpaired) electrons. The number of hydrogen-bond donors (Lipinski definition) is 2. The zero-order valence-electron chi connectivity index (χ0n) is 11.5. The van der Waals surface area contributed by atoms with Crippen LogP contribution < -0.4 is 5.32 Å². The van der Waals surface area contributed by atoms with Gasteiger partial charge < -0.3 is 14.9 Å². The lowest BCUT2D eigenvalue weighted by atomic mass is 9.95. The first-order chi connectivity index (χ1) is 8.94. The summed E-state index contributed by atoms with van der Waals surface area (Å²) in [4.78, 5) is 13.9. The second-order valence-electron chi connectivity index (χ2n) is 5.50. The molecular weight excluding hydrogens is 246 g/mol. The van der Waals surface area contributed by atoms with Crippen molar-refractivity contribution in [2.24, 2.45) is 0 Å². The molecule has 0 bridgehead atoms. The van der Waals surface area contributed by atoms with E-state index >= 15 is 0 Å². The molecule has 1 amide bonds. The third-order valence-electron chi connectivity index (χ3n) is 3.30. The van der Waals surface area contributed by atoms with Crippen LogP contribution in [0, 0.1) is 6.92 Å². The SMILES string of the molecule is Cc1cc(NC(=O)CCN2CCCC(C)(O)C2)no1. The van der Waals surface area contributed by atoms with Gasteiger partial charge in [-0.1, -0.05) is 5.16 Å². The summed E-state index contributed by atoms with van der Waals surface area (Å²) in [5, 5.41) is 16.4. The number of hydrogen-bond acceptors (Lipinski definition) is 5. The summed E-state index contributed by atoms with van der Waals surface area (Å²) in [6, 6.07) is 1.68. The van der Waals surface area contributed by atoms with Crippen LogP contribution in [0.3, 0.4) is 0 Å². The minimum atomic E-state index is -0.627. The summed E-state index contributed by atoms with van der Waals surface area (Å²) < 4.78 is 4.88. The average molecular weight is 267 g/mol. The molecule has 0 aromatic carbocycles. The summed E-state index contributed by atoms with van der Waals surface area (Å²) in [6.07, 6.45) is 2.19. The van der Waals surface area contributed by atoms with Gasteiger partial charge in [-0.15, -0.1) is 0 Å². The highest BCUT2D eigenvalue weighted by Gasteiger charge is 2.28. The number of amides is 1. The predicted octanol–water partition coefficient (Wildman–Crippen LogP) is 1.16. The molecule has 2 heterocycles. The topological polar surface area (TPSA) is 78.6 Å². The lowest BCUT2D eigenvalue weighted by Crippen LogP contribution is -2.46. The van der Waals surface area contributed by atoms with Crippen molar-refractivity contribution < 1.29 is 14.4 Å². The molecule has 0 aliphatic carbocycles. The van der Waals surface area contributed by atoms with Gasteiger partial charge in [-0.25, -0.2) is 0 Å². The zero-order valence-corrected chi connectivity index (χ0v) is 11.5. The van der Waals surface area contributed by atoms with E-state index in [2.05, 4.69) is 15.4 Å². The third kappa shape index (κ3) is 4.33. The Balaban J connectivity index is 1.74. The van der Waals surface area contributed by atoms with Gasteiger partial charge in [0.2, 0.25) is 5.91 Å². The molecule has 2 N–H and O–H groups in total.